The standard InChI is InChI=1S/C16H28N4OS/c1-13(2)19(3)10-14-4-5-16(11-21-14)6-8-20(9-7-16)15-18-17-12-22-15/h12-14H,4-11H2,1-3H3. The average molecular weight is 324 g/mol. The van der Waals surface area contributed by atoms with Gasteiger partial charge in [-0.1, -0.05) is 11.3 Å². The van der Waals surface area contributed by atoms with Gasteiger partial charge in [-0.2, -0.15) is 0 Å². The molecule has 0 amide bonds. The van der Waals surface area contributed by atoms with Crippen LogP contribution in [-0.4, -0.2) is 60.5 Å². The molecule has 1 unspecified atom stereocenters. The lowest BCUT2D eigenvalue weighted by molar-refractivity contribution is -0.0821. The first kappa shape index (κ1) is 16.1. The first-order valence-corrected chi connectivity index (χ1v) is 9.29. The van der Waals surface area contributed by atoms with Crippen molar-refractivity contribution in [3.63, 3.8) is 0 Å². The van der Waals surface area contributed by atoms with Gasteiger partial charge in [-0.15, -0.1) is 10.2 Å². The monoisotopic (exact) mass is 324 g/mol. The summed E-state index contributed by atoms with van der Waals surface area (Å²) in [4.78, 5) is 4.77. The summed E-state index contributed by atoms with van der Waals surface area (Å²) in [7, 11) is 2.19. The minimum Gasteiger partial charge on any atom is -0.376 e. The Labute approximate surface area is 137 Å². The molecule has 0 N–H and O–H groups in total. The first-order valence-electron chi connectivity index (χ1n) is 8.41. The van der Waals surface area contributed by atoms with Crippen LogP contribution < -0.4 is 4.90 Å². The van der Waals surface area contributed by atoms with Gasteiger partial charge in [-0.05, 0) is 52.0 Å². The topological polar surface area (TPSA) is 41.5 Å². The third-order valence-electron chi connectivity index (χ3n) is 5.44. The van der Waals surface area contributed by atoms with E-state index in [9.17, 15) is 0 Å². The van der Waals surface area contributed by atoms with Gasteiger partial charge in [0.25, 0.3) is 0 Å². The van der Waals surface area contributed by atoms with Crippen LogP contribution in [0.4, 0.5) is 5.13 Å². The van der Waals surface area contributed by atoms with Crippen LogP contribution in [0.25, 0.3) is 0 Å². The lowest BCUT2D eigenvalue weighted by Gasteiger charge is -2.46. The number of hydrogen-bond donors (Lipinski definition) is 0. The Morgan fingerprint density at radius 2 is 2.18 bits per heavy atom. The van der Waals surface area contributed by atoms with Crippen LogP contribution in [0.15, 0.2) is 5.51 Å². The Hall–Kier alpha value is -0.720. The zero-order chi connectivity index (χ0) is 15.6. The van der Waals surface area contributed by atoms with E-state index in [1.165, 1.54) is 25.7 Å². The van der Waals surface area contributed by atoms with Crippen molar-refractivity contribution in [2.45, 2.75) is 51.7 Å². The van der Waals surface area contributed by atoms with Crippen LogP contribution >= 0.6 is 11.3 Å². The molecule has 0 bridgehead atoms. The van der Waals surface area contributed by atoms with Gasteiger partial charge in [0.15, 0.2) is 0 Å². The van der Waals surface area contributed by atoms with Crippen LogP contribution in [-0.2, 0) is 4.74 Å². The predicted molar refractivity (Wildman–Crippen MR) is 90.5 cm³/mol. The summed E-state index contributed by atoms with van der Waals surface area (Å²) < 4.78 is 6.23. The van der Waals surface area contributed by atoms with E-state index in [1.807, 2.05) is 5.51 Å². The largest absolute Gasteiger partial charge is 0.376 e. The highest BCUT2D eigenvalue weighted by molar-refractivity contribution is 7.13. The maximum atomic E-state index is 6.23. The van der Waals surface area contributed by atoms with Crippen molar-refractivity contribution in [3.05, 3.63) is 5.51 Å². The number of anilines is 1. The molecule has 2 aliphatic heterocycles. The second-order valence-corrected chi connectivity index (χ2v) is 8.03. The van der Waals surface area contributed by atoms with Gasteiger partial charge in [-0.3, -0.25) is 0 Å². The normalized spacial score (nSPS) is 25.3. The van der Waals surface area contributed by atoms with Crippen molar-refractivity contribution in [1.82, 2.24) is 15.1 Å². The maximum Gasteiger partial charge on any atom is 0.208 e. The number of aromatic nitrogens is 2. The molecule has 22 heavy (non-hydrogen) atoms. The van der Waals surface area contributed by atoms with Crippen molar-refractivity contribution in [1.29, 1.82) is 0 Å². The molecular formula is C16H28N4OS. The molecule has 0 aliphatic carbocycles. The number of likely N-dealkylation sites (N-methyl/N-ethyl adjacent to an activating group) is 1. The third kappa shape index (κ3) is 3.60. The SMILES string of the molecule is CC(C)N(C)CC1CCC2(CCN(c3nncs3)CC2)CO1. The molecule has 2 aliphatic rings. The number of hydrogen-bond acceptors (Lipinski definition) is 6. The molecule has 3 heterocycles. The molecule has 1 aromatic heterocycles. The number of nitrogens with zero attached hydrogens (tertiary/aromatic N) is 4. The van der Waals surface area contributed by atoms with E-state index in [0.29, 0.717) is 17.6 Å². The molecule has 124 valence electrons. The van der Waals surface area contributed by atoms with E-state index >= 15 is 0 Å². The lowest BCUT2D eigenvalue weighted by Crippen LogP contribution is -2.47. The molecule has 0 aromatic carbocycles. The Balaban J connectivity index is 1.47. The van der Waals surface area contributed by atoms with E-state index in [0.717, 1.165) is 31.4 Å². The van der Waals surface area contributed by atoms with Crippen LogP contribution in [0.3, 0.4) is 0 Å². The predicted octanol–water partition coefficient (Wildman–Crippen LogP) is 2.64. The fourth-order valence-electron chi connectivity index (χ4n) is 3.47. The molecule has 5 nitrogen and oxygen atoms in total. The summed E-state index contributed by atoms with van der Waals surface area (Å²) >= 11 is 1.64. The highest BCUT2D eigenvalue weighted by Gasteiger charge is 2.39. The Kier molecular flexibility index (Phi) is 5.00. The Bertz CT molecular complexity index is 447. The van der Waals surface area contributed by atoms with E-state index in [4.69, 9.17) is 4.74 Å². The van der Waals surface area contributed by atoms with E-state index in [1.54, 1.807) is 11.3 Å². The molecule has 1 aromatic rings. The second-order valence-electron chi connectivity index (χ2n) is 7.21. The van der Waals surface area contributed by atoms with Crippen molar-refractivity contribution in [2.75, 3.05) is 38.2 Å². The summed E-state index contributed by atoms with van der Waals surface area (Å²) in [6.45, 7) is 8.67. The molecule has 0 saturated carbocycles. The summed E-state index contributed by atoms with van der Waals surface area (Å²) in [5.41, 5.74) is 2.23. The smallest absolute Gasteiger partial charge is 0.208 e. The van der Waals surface area contributed by atoms with Crippen molar-refractivity contribution in [2.24, 2.45) is 5.41 Å². The Morgan fingerprint density at radius 1 is 1.41 bits per heavy atom. The molecule has 1 atom stereocenters. The molecule has 6 heteroatoms. The van der Waals surface area contributed by atoms with Crippen LogP contribution in [0.5, 0.6) is 0 Å². The summed E-state index contributed by atoms with van der Waals surface area (Å²) in [5, 5.41) is 9.22. The molecular weight excluding hydrogens is 296 g/mol. The fourth-order valence-corrected chi connectivity index (χ4v) is 4.08. The zero-order valence-corrected chi connectivity index (χ0v) is 14.8. The van der Waals surface area contributed by atoms with Gasteiger partial charge in [0.2, 0.25) is 5.13 Å². The van der Waals surface area contributed by atoms with Gasteiger partial charge in [0, 0.05) is 25.7 Å². The van der Waals surface area contributed by atoms with Gasteiger partial charge < -0.3 is 14.5 Å². The minimum absolute atomic E-state index is 0.411. The summed E-state index contributed by atoms with van der Waals surface area (Å²) in [6.07, 6.45) is 5.38. The van der Waals surface area contributed by atoms with E-state index in [-0.39, 0.29) is 0 Å². The van der Waals surface area contributed by atoms with Gasteiger partial charge >= 0.3 is 0 Å². The lowest BCUT2D eigenvalue weighted by atomic mass is 9.73. The summed E-state index contributed by atoms with van der Waals surface area (Å²) in [5.74, 6) is 0. The minimum atomic E-state index is 0.411. The van der Waals surface area contributed by atoms with E-state index < -0.39 is 0 Å². The van der Waals surface area contributed by atoms with Crippen LogP contribution in [0, 0.1) is 5.41 Å². The third-order valence-corrected chi connectivity index (χ3v) is 6.19. The molecule has 0 radical (unpaired) electrons. The molecule has 2 saturated heterocycles. The summed E-state index contributed by atoms with van der Waals surface area (Å²) in [6, 6.07) is 0.592. The Morgan fingerprint density at radius 3 is 2.73 bits per heavy atom. The van der Waals surface area contributed by atoms with Gasteiger partial charge in [-0.25, -0.2) is 0 Å². The highest BCUT2D eigenvalue weighted by atomic mass is 32.1. The van der Waals surface area contributed by atoms with Crippen molar-refractivity contribution in [3.8, 4) is 0 Å². The second kappa shape index (κ2) is 6.81. The quantitative estimate of drug-likeness (QED) is 0.852. The fraction of sp³-hybridized carbons (Fsp3) is 0.875. The number of piperidine rings is 1. The first-order chi connectivity index (χ1) is 10.6. The van der Waals surface area contributed by atoms with Crippen molar-refractivity contribution < 1.29 is 4.74 Å². The van der Waals surface area contributed by atoms with E-state index in [2.05, 4.69) is 40.9 Å². The molecule has 1 spiro atoms. The average Bonchev–Trinajstić information content (AvgIpc) is 3.05. The zero-order valence-electron chi connectivity index (χ0n) is 14.0. The van der Waals surface area contributed by atoms with Gasteiger partial charge in [0.1, 0.15) is 5.51 Å². The number of ether oxygens (including phenoxy) is 1. The molecule has 2 fully saturated rings. The van der Waals surface area contributed by atoms with Crippen LogP contribution in [0.2, 0.25) is 0 Å². The number of rotatable bonds is 4. The van der Waals surface area contributed by atoms with Gasteiger partial charge in [0.05, 0.1) is 12.7 Å². The van der Waals surface area contributed by atoms with Crippen molar-refractivity contribution >= 4 is 16.5 Å². The molecule has 3 rings (SSSR count). The maximum absolute atomic E-state index is 6.23. The highest BCUT2D eigenvalue weighted by Crippen LogP contribution is 2.41. The van der Waals surface area contributed by atoms with Crippen LogP contribution in [0.1, 0.15) is 39.5 Å².